The molecule has 19 heavy (non-hydrogen) atoms. The van der Waals surface area contributed by atoms with Gasteiger partial charge >= 0.3 is 0 Å². The molecule has 1 fully saturated rings. The van der Waals surface area contributed by atoms with E-state index in [4.69, 9.17) is 0 Å². The highest BCUT2D eigenvalue weighted by Gasteiger charge is 2.32. The lowest BCUT2D eigenvalue weighted by atomic mass is 10.1. The molecular formula is C14H17FN2O2. The molecule has 1 heterocycles. The quantitative estimate of drug-likeness (QED) is 0.885. The Labute approximate surface area is 111 Å². The zero-order chi connectivity index (χ0) is 13.8. The van der Waals surface area contributed by atoms with E-state index in [2.05, 4.69) is 5.32 Å². The van der Waals surface area contributed by atoms with E-state index in [1.54, 1.807) is 11.0 Å². The molecule has 1 aliphatic heterocycles. The fraction of sp³-hybridized carbons (Fsp3) is 0.429. The normalized spacial score (nSPS) is 19.5. The number of piperazine rings is 1. The molecule has 0 spiro atoms. The summed E-state index contributed by atoms with van der Waals surface area (Å²) in [5.41, 5.74) is 0.827. The maximum atomic E-state index is 13.1. The van der Waals surface area contributed by atoms with Crippen molar-refractivity contribution >= 4 is 11.8 Å². The van der Waals surface area contributed by atoms with Gasteiger partial charge in [-0.2, -0.15) is 0 Å². The monoisotopic (exact) mass is 264 g/mol. The van der Waals surface area contributed by atoms with Crippen LogP contribution in [0.1, 0.15) is 18.9 Å². The number of benzene rings is 1. The Morgan fingerprint density at radius 2 is 2.21 bits per heavy atom. The number of nitrogens with one attached hydrogen (secondary N) is 1. The topological polar surface area (TPSA) is 49.4 Å². The van der Waals surface area contributed by atoms with Crippen LogP contribution in [-0.4, -0.2) is 35.8 Å². The number of halogens is 1. The molecule has 5 heteroatoms. The van der Waals surface area contributed by atoms with Gasteiger partial charge < -0.3 is 10.2 Å². The first-order valence-corrected chi connectivity index (χ1v) is 6.43. The molecule has 4 nitrogen and oxygen atoms in total. The molecule has 2 amide bonds. The summed E-state index contributed by atoms with van der Waals surface area (Å²) in [6, 6.07) is 5.90. The van der Waals surface area contributed by atoms with Crippen LogP contribution in [0.5, 0.6) is 0 Å². The van der Waals surface area contributed by atoms with Crippen LogP contribution in [-0.2, 0) is 16.0 Å². The number of carbonyl (C=O) groups excluding carboxylic acids is 2. The van der Waals surface area contributed by atoms with Crippen LogP contribution in [0.2, 0.25) is 0 Å². The molecule has 1 unspecified atom stereocenters. The average Bonchev–Trinajstić information content (AvgIpc) is 2.39. The lowest BCUT2D eigenvalue weighted by Crippen LogP contribution is -2.58. The van der Waals surface area contributed by atoms with Gasteiger partial charge in [-0.05, 0) is 30.5 Å². The van der Waals surface area contributed by atoms with E-state index in [1.165, 1.54) is 12.1 Å². The summed E-state index contributed by atoms with van der Waals surface area (Å²) < 4.78 is 13.1. The third-order valence-electron chi connectivity index (χ3n) is 3.33. The van der Waals surface area contributed by atoms with E-state index < -0.39 is 6.04 Å². The van der Waals surface area contributed by atoms with Gasteiger partial charge in [0.05, 0.1) is 6.54 Å². The molecule has 0 aromatic heterocycles. The Balaban J connectivity index is 2.03. The second-order valence-corrected chi connectivity index (χ2v) is 4.61. The van der Waals surface area contributed by atoms with Crippen LogP contribution < -0.4 is 5.32 Å². The van der Waals surface area contributed by atoms with Crippen molar-refractivity contribution in [2.75, 3.05) is 13.1 Å². The molecule has 0 radical (unpaired) electrons. The highest BCUT2D eigenvalue weighted by atomic mass is 19.1. The Hall–Kier alpha value is -1.91. The summed E-state index contributed by atoms with van der Waals surface area (Å²) in [6.07, 6.45) is 1.13. The lowest BCUT2D eigenvalue weighted by Gasteiger charge is -2.34. The standard InChI is InChI=1S/C14H17FN2O2/c1-2-12-14(19)16-9-13(18)17(12)7-6-10-4-3-5-11(15)8-10/h3-5,8,12H,2,6-7,9H2,1H3,(H,16,19). The maximum absolute atomic E-state index is 13.1. The number of rotatable bonds is 4. The number of nitrogens with zero attached hydrogens (tertiary/aromatic N) is 1. The highest BCUT2D eigenvalue weighted by Crippen LogP contribution is 2.12. The largest absolute Gasteiger partial charge is 0.345 e. The van der Waals surface area contributed by atoms with Crippen molar-refractivity contribution in [3.05, 3.63) is 35.6 Å². The summed E-state index contributed by atoms with van der Waals surface area (Å²) >= 11 is 0. The molecule has 0 bridgehead atoms. The van der Waals surface area contributed by atoms with Gasteiger partial charge in [-0.1, -0.05) is 19.1 Å². The summed E-state index contributed by atoms with van der Waals surface area (Å²) in [5, 5.41) is 2.58. The van der Waals surface area contributed by atoms with Gasteiger partial charge in [0, 0.05) is 6.54 Å². The smallest absolute Gasteiger partial charge is 0.243 e. The molecule has 102 valence electrons. The van der Waals surface area contributed by atoms with Gasteiger partial charge in [0.2, 0.25) is 11.8 Å². The Morgan fingerprint density at radius 1 is 1.42 bits per heavy atom. The Morgan fingerprint density at radius 3 is 2.89 bits per heavy atom. The molecule has 0 aliphatic carbocycles. The number of amides is 2. The minimum absolute atomic E-state index is 0.0541. The van der Waals surface area contributed by atoms with Crippen molar-refractivity contribution < 1.29 is 14.0 Å². The molecule has 2 rings (SSSR count). The zero-order valence-electron chi connectivity index (χ0n) is 10.9. The van der Waals surface area contributed by atoms with Crippen LogP contribution >= 0.6 is 0 Å². The van der Waals surface area contributed by atoms with Gasteiger partial charge in [0.25, 0.3) is 0 Å². The van der Waals surface area contributed by atoms with E-state index in [0.29, 0.717) is 19.4 Å². The fourth-order valence-electron chi connectivity index (χ4n) is 2.33. The number of hydrogen-bond acceptors (Lipinski definition) is 2. The summed E-state index contributed by atoms with van der Waals surface area (Å²) in [4.78, 5) is 25.1. The summed E-state index contributed by atoms with van der Waals surface area (Å²) in [5.74, 6) is -0.476. The fourth-order valence-corrected chi connectivity index (χ4v) is 2.33. The molecule has 1 atom stereocenters. The molecule has 1 aliphatic rings. The van der Waals surface area contributed by atoms with Crippen molar-refractivity contribution in [2.24, 2.45) is 0 Å². The Kier molecular flexibility index (Phi) is 4.14. The maximum Gasteiger partial charge on any atom is 0.243 e. The molecule has 1 aromatic rings. The first kappa shape index (κ1) is 13.5. The van der Waals surface area contributed by atoms with Gasteiger partial charge in [-0.15, -0.1) is 0 Å². The highest BCUT2D eigenvalue weighted by molar-refractivity contribution is 5.94. The molecule has 1 N–H and O–H groups in total. The third-order valence-corrected chi connectivity index (χ3v) is 3.33. The van der Waals surface area contributed by atoms with Gasteiger partial charge in [0.1, 0.15) is 11.9 Å². The summed E-state index contributed by atoms with van der Waals surface area (Å²) in [7, 11) is 0. The van der Waals surface area contributed by atoms with Crippen LogP contribution in [0.4, 0.5) is 4.39 Å². The van der Waals surface area contributed by atoms with Crippen molar-refractivity contribution in [2.45, 2.75) is 25.8 Å². The molecular weight excluding hydrogens is 247 g/mol. The second kappa shape index (κ2) is 5.82. The number of hydrogen-bond donors (Lipinski definition) is 1. The second-order valence-electron chi connectivity index (χ2n) is 4.61. The van der Waals surface area contributed by atoms with E-state index in [1.807, 2.05) is 13.0 Å². The van der Waals surface area contributed by atoms with Crippen LogP contribution in [0, 0.1) is 5.82 Å². The molecule has 0 saturated carbocycles. The van der Waals surface area contributed by atoms with Crippen molar-refractivity contribution in [3.8, 4) is 0 Å². The van der Waals surface area contributed by atoms with E-state index in [-0.39, 0.29) is 24.2 Å². The lowest BCUT2D eigenvalue weighted by molar-refractivity contribution is -0.145. The van der Waals surface area contributed by atoms with Gasteiger partial charge in [-0.3, -0.25) is 9.59 Å². The molecule has 1 aromatic carbocycles. The van der Waals surface area contributed by atoms with Crippen molar-refractivity contribution in [3.63, 3.8) is 0 Å². The predicted octanol–water partition coefficient (Wildman–Crippen LogP) is 1.11. The van der Waals surface area contributed by atoms with Gasteiger partial charge in [0.15, 0.2) is 0 Å². The third kappa shape index (κ3) is 3.10. The minimum atomic E-state index is -0.408. The first-order chi connectivity index (χ1) is 9.11. The van der Waals surface area contributed by atoms with Gasteiger partial charge in [-0.25, -0.2) is 4.39 Å². The minimum Gasteiger partial charge on any atom is -0.345 e. The Bertz CT molecular complexity index is 490. The predicted molar refractivity (Wildman–Crippen MR) is 68.9 cm³/mol. The number of carbonyl (C=O) groups is 2. The van der Waals surface area contributed by atoms with Crippen LogP contribution in [0.15, 0.2) is 24.3 Å². The van der Waals surface area contributed by atoms with Crippen LogP contribution in [0.25, 0.3) is 0 Å². The van der Waals surface area contributed by atoms with Crippen LogP contribution in [0.3, 0.4) is 0 Å². The summed E-state index contributed by atoms with van der Waals surface area (Å²) in [6.45, 7) is 2.37. The van der Waals surface area contributed by atoms with E-state index in [0.717, 1.165) is 5.56 Å². The SMILES string of the molecule is CCC1C(=O)NCC(=O)N1CCc1cccc(F)c1. The van der Waals surface area contributed by atoms with Crippen molar-refractivity contribution in [1.29, 1.82) is 0 Å². The average molecular weight is 264 g/mol. The first-order valence-electron chi connectivity index (χ1n) is 6.43. The van der Waals surface area contributed by atoms with E-state index >= 15 is 0 Å². The zero-order valence-corrected chi connectivity index (χ0v) is 10.9. The van der Waals surface area contributed by atoms with E-state index in [9.17, 15) is 14.0 Å². The molecule has 1 saturated heterocycles. The van der Waals surface area contributed by atoms with Crippen molar-refractivity contribution in [1.82, 2.24) is 10.2 Å².